The van der Waals surface area contributed by atoms with Gasteiger partial charge in [0.25, 0.3) is 0 Å². The summed E-state index contributed by atoms with van der Waals surface area (Å²) in [5.74, 6) is 0. The van der Waals surface area contributed by atoms with Crippen molar-refractivity contribution in [2.45, 2.75) is 70.0 Å². The van der Waals surface area contributed by atoms with Crippen LogP contribution in [0.3, 0.4) is 0 Å². The van der Waals surface area contributed by atoms with Crippen LogP contribution < -0.4 is 5.73 Å². The van der Waals surface area contributed by atoms with Crippen LogP contribution in [0, 0.1) is 0 Å². The van der Waals surface area contributed by atoms with Gasteiger partial charge < -0.3 is 10.6 Å². The van der Waals surface area contributed by atoms with Gasteiger partial charge in [-0.2, -0.15) is 5.10 Å². The third-order valence-electron chi connectivity index (χ3n) is 5.01. The lowest BCUT2D eigenvalue weighted by Gasteiger charge is -2.44. The highest BCUT2D eigenvalue weighted by molar-refractivity contribution is 6.31. The van der Waals surface area contributed by atoms with Crippen molar-refractivity contribution in [1.29, 1.82) is 0 Å². The minimum absolute atomic E-state index is 0.0210. The zero-order chi connectivity index (χ0) is 15.6. The van der Waals surface area contributed by atoms with Gasteiger partial charge in [-0.1, -0.05) is 37.3 Å². The maximum absolute atomic E-state index is 6.77. The van der Waals surface area contributed by atoms with E-state index in [-0.39, 0.29) is 17.6 Å². The third kappa shape index (κ3) is 3.13. The summed E-state index contributed by atoms with van der Waals surface area (Å²) >= 11 is 6.43. The molecule has 0 aromatic carbocycles. The molecule has 0 spiro atoms. The highest BCUT2D eigenvalue weighted by Crippen LogP contribution is 2.41. The second-order valence-electron chi connectivity index (χ2n) is 6.81. The molecule has 4 nitrogen and oxygen atoms in total. The lowest BCUT2D eigenvalue weighted by molar-refractivity contribution is 0.0927. The van der Waals surface area contributed by atoms with E-state index in [2.05, 4.69) is 37.9 Å². The number of nitrogens with two attached hydrogens (primary N) is 1. The van der Waals surface area contributed by atoms with E-state index in [1.54, 1.807) is 6.20 Å². The fraction of sp³-hybridized carbons (Fsp3) is 0.812. The lowest BCUT2D eigenvalue weighted by Crippen LogP contribution is -2.52. The maximum atomic E-state index is 6.77. The molecule has 2 rings (SSSR count). The Kier molecular flexibility index (Phi) is 5.33. The molecule has 0 radical (unpaired) electrons. The summed E-state index contributed by atoms with van der Waals surface area (Å²) in [6.07, 6.45) is 9.07. The minimum atomic E-state index is -0.108. The van der Waals surface area contributed by atoms with Crippen LogP contribution in [0.1, 0.15) is 70.2 Å². The highest BCUT2D eigenvalue weighted by Gasteiger charge is 2.42. The first-order chi connectivity index (χ1) is 9.90. The Labute approximate surface area is 133 Å². The fourth-order valence-electron chi connectivity index (χ4n) is 3.68. The van der Waals surface area contributed by atoms with Gasteiger partial charge in [0, 0.05) is 11.6 Å². The molecule has 1 heterocycles. The summed E-state index contributed by atoms with van der Waals surface area (Å²) in [5, 5.41) is 5.13. The molecule has 1 saturated carbocycles. The quantitative estimate of drug-likeness (QED) is 0.861. The third-order valence-corrected chi connectivity index (χ3v) is 5.30. The first kappa shape index (κ1) is 16.8. The van der Waals surface area contributed by atoms with Crippen LogP contribution in [-0.4, -0.2) is 34.3 Å². The van der Waals surface area contributed by atoms with Crippen LogP contribution in [0.15, 0.2) is 6.20 Å². The molecule has 1 unspecified atom stereocenters. The average Bonchev–Trinajstić information content (AvgIpc) is 2.66. The summed E-state index contributed by atoms with van der Waals surface area (Å²) in [5.41, 5.74) is 7.74. The van der Waals surface area contributed by atoms with Crippen molar-refractivity contribution in [3.05, 3.63) is 16.9 Å². The summed E-state index contributed by atoms with van der Waals surface area (Å²) in [6, 6.07) is 0.159. The summed E-state index contributed by atoms with van der Waals surface area (Å²) in [7, 11) is 4.30. The molecular weight excluding hydrogens is 284 g/mol. The van der Waals surface area contributed by atoms with Gasteiger partial charge in [0.1, 0.15) is 0 Å². The summed E-state index contributed by atoms with van der Waals surface area (Å²) in [4.78, 5) is 2.32. The Morgan fingerprint density at radius 3 is 2.29 bits per heavy atom. The molecule has 21 heavy (non-hydrogen) atoms. The van der Waals surface area contributed by atoms with Gasteiger partial charge in [-0.25, -0.2) is 0 Å². The van der Waals surface area contributed by atoms with E-state index in [4.69, 9.17) is 17.3 Å². The Balaban J connectivity index is 2.43. The number of hydrogen-bond donors (Lipinski definition) is 1. The molecule has 0 bridgehead atoms. The number of rotatable bonds is 4. The lowest BCUT2D eigenvalue weighted by atomic mass is 9.80. The van der Waals surface area contributed by atoms with Gasteiger partial charge in [0.15, 0.2) is 0 Å². The highest BCUT2D eigenvalue weighted by atomic mass is 35.5. The molecule has 1 fully saturated rings. The van der Waals surface area contributed by atoms with Crippen LogP contribution in [0.2, 0.25) is 5.02 Å². The predicted octanol–water partition coefficient (Wildman–Crippen LogP) is 3.77. The van der Waals surface area contributed by atoms with Gasteiger partial charge in [0.05, 0.1) is 23.0 Å². The Morgan fingerprint density at radius 1 is 1.24 bits per heavy atom. The number of nitrogens with zero attached hydrogens (tertiary/aromatic N) is 3. The normalized spacial score (nSPS) is 20.8. The Bertz CT molecular complexity index is 459. The fourth-order valence-corrected chi connectivity index (χ4v) is 3.93. The van der Waals surface area contributed by atoms with E-state index in [1.807, 2.05) is 4.68 Å². The second-order valence-corrected chi connectivity index (χ2v) is 7.21. The van der Waals surface area contributed by atoms with Crippen LogP contribution in [-0.2, 0) is 0 Å². The van der Waals surface area contributed by atoms with Gasteiger partial charge in [-0.3, -0.25) is 4.68 Å². The predicted molar refractivity (Wildman–Crippen MR) is 88.7 cm³/mol. The first-order valence-corrected chi connectivity index (χ1v) is 8.44. The monoisotopic (exact) mass is 312 g/mol. The van der Waals surface area contributed by atoms with Crippen LogP contribution in [0.4, 0.5) is 0 Å². The molecule has 0 saturated heterocycles. The van der Waals surface area contributed by atoms with Crippen molar-refractivity contribution in [1.82, 2.24) is 14.7 Å². The van der Waals surface area contributed by atoms with Gasteiger partial charge in [0.2, 0.25) is 0 Å². The molecule has 2 N–H and O–H groups in total. The van der Waals surface area contributed by atoms with E-state index in [0.29, 0.717) is 5.02 Å². The molecule has 1 aliphatic rings. The number of halogens is 1. The maximum Gasteiger partial charge on any atom is 0.0834 e. The van der Waals surface area contributed by atoms with E-state index in [0.717, 1.165) is 18.5 Å². The molecule has 0 amide bonds. The Morgan fingerprint density at radius 2 is 1.81 bits per heavy atom. The van der Waals surface area contributed by atoms with Gasteiger partial charge in [-0.05, 0) is 40.8 Å². The van der Waals surface area contributed by atoms with Crippen LogP contribution in [0.25, 0.3) is 0 Å². The summed E-state index contributed by atoms with van der Waals surface area (Å²) < 4.78 is 1.99. The van der Waals surface area contributed by atoms with Crippen molar-refractivity contribution < 1.29 is 0 Å². The van der Waals surface area contributed by atoms with E-state index < -0.39 is 0 Å². The number of hydrogen-bond acceptors (Lipinski definition) is 3. The van der Waals surface area contributed by atoms with Crippen molar-refractivity contribution >= 4 is 11.6 Å². The summed E-state index contributed by atoms with van der Waals surface area (Å²) in [6.45, 7) is 4.24. The smallest absolute Gasteiger partial charge is 0.0834 e. The van der Waals surface area contributed by atoms with Gasteiger partial charge in [-0.15, -0.1) is 0 Å². The van der Waals surface area contributed by atoms with Crippen molar-refractivity contribution in [2.75, 3.05) is 14.1 Å². The molecule has 1 atom stereocenters. The number of likely N-dealkylation sites (N-methyl/N-ethyl adjacent to an activating group) is 1. The van der Waals surface area contributed by atoms with E-state index >= 15 is 0 Å². The van der Waals surface area contributed by atoms with Crippen LogP contribution >= 0.6 is 11.6 Å². The molecule has 120 valence electrons. The topological polar surface area (TPSA) is 47.1 Å². The minimum Gasteiger partial charge on any atom is -0.321 e. The molecule has 1 aromatic rings. The molecule has 0 aliphatic heterocycles. The standard InChI is InChI=1S/C16H29ClN4/c1-12(2)21-14(13(17)11-19-21)15(18)16(20(3)4)9-7-5-6-8-10-16/h11-12,15H,5-10,18H2,1-4H3. The molecule has 5 heteroatoms. The van der Waals surface area contributed by atoms with Crippen molar-refractivity contribution in [3.63, 3.8) is 0 Å². The SMILES string of the molecule is CC(C)n1ncc(Cl)c1C(N)C1(N(C)C)CCCCCC1. The molecular formula is C16H29ClN4. The van der Waals surface area contributed by atoms with Crippen molar-refractivity contribution in [3.8, 4) is 0 Å². The largest absolute Gasteiger partial charge is 0.321 e. The van der Waals surface area contributed by atoms with E-state index in [1.165, 1.54) is 25.7 Å². The van der Waals surface area contributed by atoms with E-state index in [9.17, 15) is 0 Å². The number of aromatic nitrogens is 2. The zero-order valence-corrected chi connectivity index (χ0v) is 14.5. The first-order valence-electron chi connectivity index (χ1n) is 8.06. The zero-order valence-electron chi connectivity index (χ0n) is 13.8. The second kappa shape index (κ2) is 6.67. The van der Waals surface area contributed by atoms with Crippen molar-refractivity contribution in [2.24, 2.45) is 5.73 Å². The van der Waals surface area contributed by atoms with Gasteiger partial charge >= 0.3 is 0 Å². The van der Waals surface area contributed by atoms with Crippen LogP contribution in [0.5, 0.6) is 0 Å². The molecule has 1 aromatic heterocycles. The average molecular weight is 313 g/mol. The Hall–Kier alpha value is -0.580. The molecule has 1 aliphatic carbocycles.